The Labute approximate surface area is 87.1 Å². The monoisotopic (exact) mass is 212 g/mol. The molecule has 0 radical (unpaired) electrons. The lowest BCUT2D eigenvalue weighted by atomic mass is 10.2. The zero-order valence-electron chi connectivity index (χ0n) is 8.19. The lowest BCUT2D eigenvalue weighted by Gasteiger charge is -2.17. The Kier molecular flexibility index (Phi) is 4.05. The first kappa shape index (κ1) is 11.5. The van der Waals surface area contributed by atoms with Gasteiger partial charge >= 0.3 is 0 Å². The summed E-state index contributed by atoms with van der Waals surface area (Å²) in [7, 11) is 0. The number of anilines is 2. The third-order valence-corrected chi connectivity index (χ3v) is 2.00. The van der Waals surface area contributed by atoms with Crippen molar-refractivity contribution in [2.75, 3.05) is 23.8 Å². The number of aliphatic hydroxyl groups is 1. The first-order chi connectivity index (χ1) is 7.19. The highest BCUT2D eigenvalue weighted by Crippen LogP contribution is 2.19. The van der Waals surface area contributed by atoms with Crippen LogP contribution in [-0.4, -0.2) is 24.7 Å². The number of nitrogens with two attached hydrogens (primary N) is 1. The average Bonchev–Trinajstić information content (AvgIpc) is 2.24. The highest BCUT2D eigenvalue weighted by Gasteiger charge is 2.07. The molecular formula is C10H13FN2O2. The summed E-state index contributed by atoms with van der Waals surface area (Å²) in [4.78, 5) is 12.0. The van der Waals surface area contributed by atoms with Crippen molar-refractivity contribution >= 4 is 17.8 Å². The molecule has 15 heavy (non-hydrogen) atoms. The van der Waals surface area contributed by atoms with E-state index in [4.69, 9.17) is 10.8 Å². The van der Waals surface area contributed by atoms with Gasteiger partial charge in [0.05, 0.1) is 5.69 Å². The zero-order chi connectivity index (χ0) is 11.3. The van der Waals surface area contributed by atoms with Crippen LogP contribution in [0.4, 0.5) is 15.8 Å². The number of carbonyl (C=O) groups excluding carboxylic acids is 1. The van der Waals surface area contributed by atoms with E-state index in [9.17, 15) is 9.18 Å². The van der Waals surface area contributed by atoms with E-state index in [1.54, 1.807) is 6.07 Å². The lowest BCUT2D eigenvalue weighted by Crippen LogP contribution is -2.23. The van der Waals surface area contributed by atoms with E-state index in [-0.39, 0.29) is 12.3 Å². The van der Waals surface area contributed by atoms with Gasteiger partial charge in [-0.05, 0) is 24.6 Å². The molecule has 0 atom stereocenters. The first-order valence-electron chi connectivity index (χ1n) is 4.57. The number of nitrogens with zero attached hydrogens (tertiary/aromatic N) is 1. The quantitative estimate of drug-likeness (QED) is 0.559. The van der Waals surface area contributed by atoms with Gasteiger partial charge in [0.15, 0.2) is 0 Å². The smallest absolute Gasteiger partial charge is 0.214 e. The molecule has 0 heterocycles. The Hall–Kier alpha value is -1.62. The molecule has 1 aromatic rings. The van der Waals surface area contributed by atoms with Crippen LogP contribution in [0.5, 0.6) is 0 Å². The fraction of sp³-hybridized carbons (Fsp3) is 0.300. The van der Waals surface area contributed by atoms with Crippen molar-refractivity contribution < 1.29 is 14.3 Å². The van der Waals surface area contributed by atoms with Crippen LogP contribution in [-0.2, 0) is 4.79 Å². The van der Waals surface area contributed by atoms with E-state index in [0.717, 1.165) is 0 Å². The molecule has 0 aliphatic heterocycles. The SMILES string of the molecule is Nc1ccc(N(C=O)CCCO)cc1F. The number of aliphatic hydroxyl groups excluding tert-OH is 1. The Morgan fingerprint density at radius 2 is 2.27 bits per heavy atom. The Morgan fingerprint density at radius 3 is 2.80 bits per heavy atom. The largest absolute Gasteiger partial charge is 0.396 e. The van der Waals surface area contributed by atoms with Crippen LogP contribution in [0.15, 0.2) is 18.2 Å². The molecule has 0 aromatic heterocycles. The first-order valence-corrected chi connectivity index (χ1v) is 4.57. The van der Waals surface area contributed by atoms with Crippen LogP contribution in [0.25, 0.3) is 0 Å². The van der Waals surface area contributed by atoms with E-state index >= 15 is 0 Å². The number of benzene rings is 1. The molecule has 1 amide bonds. The van der Waals surface area contributed by atoms with Crippen molar-refractivity contribution in [3.05, 3.63) is 24.0 Å². The minimum absolute atomic E-state index is 0.0121. The topological polar surface area (TPSA) is 66.6 Å². The van der Waals surface area contributed by atoms with Crippen LogP contribution in [0.3, 0.4) is 0 Å². The zero-order valence-corrected chi connectivity index (χ0v) is 8.19. The molecule has 0 unspecified atom stereocenters. The average molecular weight is 212 g/mol. The predicted octanol–water partition coefficient (Wildman–Crippen LogP) is 0.753. The number of halogens is 1. The molecular weight excluding hydrogens is 199 g/mol. The second-order valence-electron chi connectivity index (χ2n) is 3.08. The molecule has 0 fully saturated rings. The van der Waals surface area contributed by atoms with E-state index < -0.39 is 5.82 Å². The number of amides is 1. The van der Waals surface area contributed by atoms with Gasteiger partial charge in [0.1, 0.15) is 5.82 Å². The van der Waals surface area contributed by atoms with Crippen molar-refractivity contribution in [2.24, 2.45) is 0 Å². The van der Waals surface area contributed by atoms with Gasteiger partial charge in [-0.1, -0.05) is 0 Å². The molecule has 0 spiro atoms. The second kappa shape index (κ2) is 5.31. The van der Waals surface area contributed by atoms with Crippen LogP contribution >= 0.6 is 0 Å². The van der Waals surface area contributed by atoms with E-state index in [2.05, 4.69) is 0 Å². The van der Waals surface area contributed by atoms with E-state index in [0.29, 0.717) is 25.1 Å². The maximum atomic E-state index is 13.1. The maximum Gasteiger partial charge on any atom is 0.214 e. The molecule has 5 heteroatoms. The summed E-state index contributed by atoms with van der Waals surface area (Å²) in [6.45, 7) is 0.338. The standard InChI is InChI=1S/C10H13FN2O2/c11-9-6-8(2-3-10(9)12)13(7-15)4-1-5-14/h2-3,6-7,14H,1,4-5,12H2. The Morgan fingerprint density at radius 1 is 1.53 bits per heavy atom. The van der Waals surface area contributed by atoms with Gasteiger partial charge in [-0.15, -0.1) is 0 Å². The van der Waals surface area contributed by atoms with Crippen molar-refractivity contribution in [1.82, 2.24) is 0 Å². The van der Waals surface area contributed by atoms with Gasteiger partial charge in [0.25, 0.3) is 0 Å². The number of hydrogen-bond acceptors (Lipinski definition) is 3. The fourth-order valence-corrected chi connectivity index (χ4v) is 1.18. The molecule has 0 aliphatic rings. The van der Waals surface area contributed by atoms with Gasteiger partial charge in [-0.2, -0.15) is 0 Å². The summed E-state index contributed by atoms with van der Waals surface area (Å²) < 4.78 is 13.1. The van der Waals surface area contributed by atoms with Crippen LogP contribution in [0, 0.1) is 5.82 Å². The summed E-state index contributed by atoms with van der Waals surface area (Å²) in [5, 5.41) is 8.62. The Balaban J connectivity index is 2.82. The lowest BCUT2D eigenvalue weighted by molar-refractivity contribution is -0.107. The summed E-state index contributed by atoms with van der Waals surface area (Å²) in [5.74, 6) is -0.552. The second-order valence-corrected chi connectivity index (χ2v) is 3.08. The highest BCUT2D eigenvalue weighted by atomic mass is 19.1. The maximum absolute atomic E-state index is 13.1. The summed E-state index contributed by atoms with van der Waals surface area (Å²) >= 11 is 0. The molecule has 4 nitrogen and oxygen atoms in total. The van der Waals surface area contributed by atoms with Gasteiger partial charge in [-0.3, -0.25) is 4.79 Å². The fourth-order valence-electron chi connectivity index (χ4n) is 1.18. The van der Waals surface area contributed by atoms with Gasteiger partial charge in [0.2, 0.25) is 6.41 Å². The van der Waals surface area contributed by atoms with Crippen molar-refractivity contribution in [2.45, 2.75) is 6.42 Å². The Bertz CT molecular complexity index is 344. The van der Waals surface area contributed by atoms with Crippen LogP contribution in [0.1, 0.15) is 6.42 Å². The number of rotatable bonds is 5. The molecule has 0 aliphatic carbocycles. The van der Waals surface area contributed by atoms with Crippen LogP contribution in [0.2, 0.25) is 0 Å². The summed E-state index contributed by atoms with van der Waals surface area (Å²) in [5.41, 5.74) is 5.79. The molecule has 0 saturated heterocycles. The van der Waals surface area contributed by atoms with Crippen LogP contribution < -0.4 is 10.6 Å². The van der Waals surface area contributed by atoms with Gasteiger partial charge < -0.3 is 15.7 Å². The van der Waals surface area contributed by atoms with E-state index in [1.807, 2.05) is 0 Å². The molecule has 82 valence electrons. The van der Waals surface area contributed by atoms with Crippen molar-refractivity contribution in [3.8, 4) is 0 Å². The minimum atomic E-state index is -0.552. The molecule has 3 N–H and O–H groups in total. The van der Waals surface area contributed by atoms with Gasteiger partial charge in [0, 0.05) is 18.8 Å². The molecule has 1 rings (SSSR count). The molecule has 1 aromatic carbocycles. The number of carbonyl (C=O) groups is 1. The summed E-state index contributed by atoms with van der Waals surface area (Å²) in [6, 6.07) is 4.16. The van der Waals surface area contributed by atoms with Crippen molar-refractivity contribution in [3.63, 3.8) is 0 Å². The summed E-state index contributed by atoms with van der Waals surface area (Å²) in [6.07, 6.45) is 1.05. The highest BCUT2D eigenvalue weighted by molar-refractivity contribution is 5.75. The van der Waals surface area contributed by atoms with E-state index in [1.165, 1.54) is 17.0 Å². The number of hydrogen-bond donors (Lipinski definition) is 2. The predicted molar refractivity (Wildman–Crippen MR) is 55.9 cm³/mol. The third-order valence-electron chi connectivity index (χ3n) is 2.00. The van der Waals surface area contributed by atoms with Crippen molar-refractivity contribution in [1.29, 1.82) is 0 Å². The molecule has 0 saturated carbocycles. The minimum Gasteiger partial charge on any atom is -0.396 e. The normalized spacial score (nSPS) is 10.0. The van der Waals surface area contributed by atoms with Gasteiger partial charge in [-0.25, -0.2) is 4.39 Å². The number of nitrogen functional groups attached to an aromatic ring is 1. The molecule has 0 bridgehead atoms. The third kappa shape index (κ3) is 2.92.